The Bertz CT molecular complexity index is 385. The molecule has 0 aliphatic heterocycles. The van der Waals surface area contributed by atoms with Gasteiger partial charge in [0, 0.05) is 12.6 Å². The van der Waals surface area contributed by atoms with Crippen molar-refractivity contribution >= 4 is 5.95 Å². The largest absolute Gasteiger partial charge is 0.368 e. The number of benzene rings is 1. The average Bonchev–Trinajstić information content (AvgIpc) is 2.49. The molecule has 0 aliphatic rings. The van der Waals surface area contributed by atoms with Gasteiger partial charge in [0.25, 0.3) is 0 Å². The van der Waals surface area contributed by atoms with Crippen LogP contribution in [0, 0.1) is 0 Å². The second-order valence-electron chi connectivity index (χ2n) is 2.78. The van der Waals surface area contributed by atoms with Gasteiger partial charge in [-0.25, -0.2) is 4.68 Å². The third-order valence-electron chi connectivity index (χ3n) is 1.83. The van der Waals surface area contributed by atoms with Crippen molar-refractivity contribution in [3.05, 3.63) is 30.3 Å². The number of anilines is 1. The molecule has 2 rings (SSSR count). The summed E-state index contributed by atoms with van der Waals surface area (Å²) in [5, 5.41) is 4.16. The Morgan fingerprint density at radius 2 is 1.92 bits per heavy atom. The van der Waals surface area contributed by atoms with Gasteiger partial charge in [-0.3, -0.25) is 0 Å². The molecule has 4 heteroatoms. The summed E-state index contributed by atoms with van der Waals surface area (Å²) in [6, 6.07) is 9.75. The van der Waals surface area contributed by atoms with E-state index in [9.17, 15) is 0 Å². The molecule has 0 spiro atoms. The van der Waals surface area contributed by atoms with E-state index in [1.165, 1.54) is 0 Å². The minimum Gasteiger partial charge on any atom is -0.368 e. The smallest absolute Gasteiger partial charge is 0.218 e. The van der Waals surface area contributed by atoms with Gasteiger partial charge in [-0.2, -0.15) is 4.98 Å². The zero-order valence-electron chi connectivity index (χ0n) is 7.31. The third-order valence-corrected chi connectivity index (χ3v) is 1.83. The molecule has 0 amide bonds. The highest BCUT2D eigenvalue weighted by Gasteiger charge is 2.04. The van der Waals surface area contributed by atoms with Gasteiger partial charge in [-0.15, -0.1) is 5.10 Å². The van der Waals surface area contributed by atoms with Gasteiger partial charge in [0.1, 0.15) is 0 Å². The molecule has 13 heavy (non-hydrogen) atoms. The van der Waals surface area contributed by atoms with Gasteiger partial charge in [0.05, 0.1) is 0 Å². The lowest BCUT2D eigenvalue weighted by atomic mass is 10.2. The first-order chi connectivity index (χ1) is 6.27. The first-order valence-corrected chi connectivity index (χ1v) is 3.99. The molecule has 0 fully saturated rings. The number of hydrogen-bond acceptors (Lipinski definition) is 3. The Kier molecular flexibility index (Phi) is 1.73. The summed E-state index contributed by atoms with van der Waals surface area (Å²) in [6.45, 7) is 0. The molecule has 1 aromatic carbocycles. The van der Waals surface area contributed by atoms with Gasteiger partial charge in [-0.1, -0.05) is 30.3 Å². The first-order valence-electron chi connectivity index (χ1n) is 3.99. The fourth-order valence-electron chi connectivity index (χ4n) is 1.11. The molecule has 66 valence electrons. The summed E-state index contributed by atoms with van der Waals surface area (Å²) in [7, 11) is 1.77. The summed E-state index contributed by atoms with van der Waals surface area (Å²) in [5.74, 6) is 1.10. The number of nitrogen functional groups attached to an aromatic ring is 1. The van der Waals surface area contributed by atoms with Gasteiger partial charge in [0.15, 0.2) is 5.82 Å². The number of hydrogen-bond donors (Lipinski definition) is 1. The summed E-state index contributed by atoms with van der Waals surface area (Å²) in [4.78, 5) is 4.11. The molecule has 0 bridgehead atoms. The lowest BCUT2D eigenvalue weighted by molar-refractivity contribution is 0.781. The van der Waals surface area contributed by atoms with E-state index in [0.29, 0.717) is 11.8 Å². The van der Waals surface area contributed by atoms with E-state index >= 15 is 0 Å². The van der Waals surface area contributed by atoms with Crippen molar-refractivity contribution in [1.29, 1.82) is 0 Å². The molecule has 0 atom stereocenters. The maximum atomic E-state index is 5.57. The molecule has 0 aliphatic carbocycles. The molecule has 2 aromatic rings. The van der Waals surface area contributed by atoms with Crippen LogP contribution in [-0.4, -0.2) is 14.8 Å². The van der Waals surface area contributed by atoms with Crippen LogP contribution in [0.15, 0.2) is 30.3 Å². The summed E-state index contributed by atoms with van der Waals surface area (Å²) in [6.07, 6.45) is 0. The predicted octanol–water partition coefficient (Wildman–Crippen LogP) is 1.06. The van der Waals surface area contributed by atoms with Crippen LogP contribution in [0.2, 0.25) is 0 Å². The molecule has 1 aromatic heterocycles. The monoisotopic (exact) mass is 174 g/mol. The molecule has 0 radical (unpaired) electrons. The Morgan fingerprint density at radius 1 is 1.23 bits per heavy atom. The average molecular weight is 174 g/mol. The summed E-state index contributed by atoms with van der Waals surface area (Å²) >= 11 is 0. The summed E-state index contributed by atoms with van der Waals surface area (Å²) in [5.41, 5.74) is 6.55. The van der Waals surface area contributed by atoms with Crippen molar-refractivity contribution in [3.63, 3.8) is 0 Å². The zero-order valence-corrected chi connectivity index (χ0v) is 7.31. The topological polar surface area (TPSA) is 56.7 Å². The van der Waals surface area contributed by atoms with Crippen LogP contribution in [0.1, 0.15) is 0 Å². The van der Waals surface area contributed by atoms with Crippen molar-refractivity contribution in [2.24, 2.45) is 7.05 Å². The van der Waals surface area contributed by atoms with E-state index in [-0.39, 0.29) is 0 Å². The van der Waals surface area contributed by atoms with Crippen molar-refractivity contribution in [2.45, 2.75) is 0 Å². The van der Waals surface area contributed by atoms with Gasteiger partial charge in [0.2, 0.25) is 5.95 Å². The van der Waals surface area contributed by atoms with E-state index in [0.717, 1.165) is 5.56 Å². The molecular formula is C9H10N4. The molecule has 0 saturated heterocycles. The van der Waals surface area contributed by atoms with Crippen LogP contribution >= 0.6 is 0 Å². The lowest BCUT2D eigenvalue weighted by Gasteiger charge is -1.91. The standard InChI is InChI=1S/C9H10N4/c1-13-9(10)11-8(12-13)7-5-3-2-4-6-7/h2-6H,1H3,(H2,10,11,12). The maximum Gasteiger partial charge on any atom is 0.218 e. The number of rotatable bonds is 1. The SMILES string of the molecule is Cn1nc(-c2ccccc2)nc1N. The van der Waals surface area contributed by atoms with Crippen LogP contribution < -0.4 is 5.73 Å². The van der Waals surface area contributed by atoms with Crippen molar-refractivity contribution in [2.75, 3.05) is 5.73 Å². The Morgan fingerprint density at radius 3 is 2.46 bits per heavy atom. The number of nitrogens with zero attached hydrogens (tertiary/aromatic N) is 3. The molecule has 4 nitrogen and oxygen atoms in total. The second-order valence-corrected chi connectivity index (χ2v) is 2.78. The first kappa shape index (κ1) is 7.79. The fourth-order valence-corrected chi connectivity index (χ4v) is 1.11. The van der Waals surface area contributed by atoms with E-state index in [1.54, 1.807) is 11.7 Å². The normalized spacial score (nSPS) is 10.2. The quantitative estimate of drug-likeness (QED) is 0.703. The molecule has 0 unspecified atom stereocenters. The number of nitrogens with two attached hydrogens (primary N) is 1. The minimum atomic E-state index is 0.429. The van der Waals surface area contributed by atoms with Gasteiger partial charge in [-0.05, 0) is 0 Å². The molecule has 1 heterocycles. The van der Waals surface area contributed by atoms with Crippen LogP contribution in [-0.2, 0) is 7.05 Å². The Hall–Kier alpha value is -1.84. The molecular weight excluding hydrogens is 164 g/mol. The van der Waals surface area contributed by atoms with Crippen LogP contribution in [0.5, 0.6) is 0 Å². The van der Waals surface area contributed by atoms with E-state index < -0.39 is 0 Å². The lowest BCUT2D eigenvalue weighted by Crippen LogP contribution is -1.97. The summed E-state index contributed by atoms with van der Waals surface area (Å²) < 4.78 is 1.56. The fraction of sp³-hybridized carbons (Fsp3) is 0.111. The predicted molar refractivity (Wildman–Crippen MR) is 50.9 cm³/mol. The van der Waals surface area contributed by atoms with E-state index in [1.807, 2.05) is 30.3 Å². The maximum absolute atomic E-state index is 5.57. The Balaban J connectivity index is 2.48. The van der Waals surface area contributed by atoms with Gasteiger partial charge < -0.3 is 5.73 Å². The second kappa shape index (κ2) is 2.90. The van der Waals surface area contributed by atoms with Crippen molar-refractivity contribution < 1.29 is 0 Å². The van der Waals surface area contributed by atoms with Crippen LogP contribution in [0.25, 0.3) is 11.4 Å². The number of aromatic nitrogens is 3. The van der Waals surface area contributed by atoms with Crippen LogP contribution in [0.4, 0.5) is 5.95 Å². The van der Waals surface area contributed by atoms with Crippen molar-refractivity contribution in [1.82, 2.24) is 14.8 Å². The number of aryl methyl sites for hydroxylation is 1. The third kappa shape index (κ3) is 1.38. The highest BCUT2D eigenvalue weighted by molar-refractivity contribution is 5.55. The highest BCUT2D eigenvalue weighted by Crippen LogP contribution is 2.14. The molecule has 0 saturated carbocycles. The van der Waals surface area contributed by atoms with Crippen molar-refractivity contribution in [3.8, 4) is 11.4 Å². The zero-order chi connectivity index (χ0) is 9.26. The Labute approximate surface area is 76.0 Å². The van der Waals surface area contributed by atoms with E-state index in [2.05, 4.69) is 10.1 Å². The van der Waals surface area contributed by atoms with Crippen LogP contribution in [0.3, 0.4) is 0 Å². The minimum absolute atomic E-state index is 0.429. The van der Waals surface area contributed by atoms with E-state index in [4.69, 9.17) is 5.73 Å². The van der Waals surface area contributed by atoms with Gasteiger partial charge >= 0.3 is 0 Å². The molecule has 2 N–H and O–H groups in total. The highest BCUT2D eigenvalue weighted by atomic mass is 15.4.